The van der Waals surface area contributed by atoms with Crippen LogP contribution in [-0.2, 0) is 4.79 Å². The first-order chi connectivity index (χ1) is 10.9. The second kappa shape index (κ2) is 6.30. The maximum atomic E-state index is 12.3. The Morgan fingerprint density at radius 1 is 1.17 bits per heavy atom. The molecule has 7 heteroatoms. The van der Waals surface area contributed by atoms with Gasteiger partial charge >= 0.3 is 0 Å². The van der Waals surface area contributed by atoms with Gasteiger partial charge in [-0.25, -0.2) is 0 Å². The van der Waals surface area contributed by atoms with E-state index in [0.717, 1.165) is 15.7 Å². The summed E-state index contributed by atoms with van der Waals surface area (Å²) < 4.78 is 7.16. The number of aromatic hydroxyl groups is 1. The Morgan fingerprint density at radius 3 is 2.61 bits per heavy atom. The summed E-state index contributed by atoms with van der Waals surface area (Å²) in [6, 6.07) is 7.28. The van der Waals surface area contributed by atoms with Crippen LogP contribution < -0.4 is 10.1 Å². The number of hydrogen-bond acceptors (Lipinski definition) is 3. The second-order valence-electron chi connectivity index (χ2n) is 4.85. The molecular formula is C16H10Br3NO3. The van der Waals surface area contributed by atoms with Crippen LogP contribution in [0.25, 0.3) is 11.6 Å². The fraction of sp³-hybridized carbons (Fsp3) is 0.0625. The van der Waals surface area contributed by atoms with Crippen LogP contribution >= 0.6 is 47.8 Å². The van der Waals surface area contributed by atoms with Gasteiger partial charge in [0, 0.05) is 25.8 Å². The van der Waals surface area contributed by atoms with Gasteiger partial charge in [-0.05, 0) is 67.8 Å². The Balaban J connectivity index is 2.19. The van der Waals surface area contributed by atoms with Crippen LogP contribution in [0.3, 0.4) is 0 Å². The van der Waals surface area contributed by atoms with Crippen molar-refractivity contribution in [3.8, 4) is 11.5 Å². The minimum atomic E-state index is -0.173. The molecule has 0 atom stereocenters. The highest BCUT2D eigenvalue weighted by atomic mass is 79.9. The zero-order valence-corrected chi connectivity index (χ0v) is 16.5. The summed E-state index contributed by atoms with van der Waals surface area (Å²) in [6.07, 6.45) is 1.75. The molecule has 1 amide bonds. The van der Waals surface area contributed by atoms with Crippen molar-refractivity contribution < 1.29 is 14.6 Å². The largest absolute Gasteiger partial charge is 0.503 e. The van der Waals surface area contributed by atoms with Crippen molar-refractivity contribution in [2.45, 2.75) is 0 Å². The van der Waals surface area contributed by atoms with Crippen molar-refractivity contribution in [3.63, 3.8) is 0 Å². The van der Waals surface area contributed by atoms with Crippen molar-refractivity contribution in [3.05, 3.63) is 48.8 Å². The quantitative estimate of drug-likeness (QED) is 0.555. The molecule has 23 heavy (non-hydrogen) atoms. The first-order valence-corrected chi connectivity index (χ1v) is 8.88. The third-order valence-electron chi connectivity index (χ3n) is 3.46. The van der Waals surface area contributed by atoms with Gasteiger partial charge in [0.05, 0.1) is 11.6 Å². The van der Waals surface area contributed by atoms with Crippen LogP contribution in [0.1, 0.15) is 11.1 Å². The molecule has 0 saturated heterocycles. The molecule has 4 nitrogen and oxygen atoms in total. The van der Waals surface area contributed by atoms with E-state index in [0.29, 0.717) is 25.8 Å². The smallest absolute Gasteiger partial charge is 0.256 e. The van der Waals surface area contributed by atoms with Crippen LogP contribution in [0.2, 0.25) is 0 Å². The second-order valence-corrected chi connectivity index (χ2v) is 7.35. The van der Waals surface area contributed by atoms with E-state index >= 15 is 0 Å². The number of rotatable bonds is 2. The topological polar surface area (TPSA) is 58.6 Å². The van der Waals surface area contributed by atoms with Gasteiger partial charge in [-0.15, -0.1) is 0 Å². The van der Waals surface area contributed by atoms with Crippen molar-refractivity contribution in [1.29, 1.82) is 0 Å². The Hall–Kier alpha value is -1.31. The van der Waals surface area contributed by atoms with Gasteiger partial charge in [0.2, 0.25) is 0 Å². The minimum Gasteiger partial charge on any atom is -0.503 e. The first-order valence-electron chi connectivity index (χ1n) is 6.50. The molecule has 0 spiro atoms. The number of phenolic OH excluding ortho intramolecular Hbond substituents is 1. The lowest BCUT2D eigenvalue weighted by molar-refractivity contribution is -0.110. The van der Waals surface area contributed by atoms with E-state index in [1.807, 2.05) is 18.2 Å². The predicted octanol–water partition coefficient (Wildman–Crippen LogP) is 5.18. The Labute approximate surface area is 157 Å². The maximum Gasteiger partial charge on any atom is 0.256 e. The number of fused-ring (bicyclic) bond motifs is 1. The van der Waals surface area contributed by atoms with Gasteiger partial charge < -0.3 is 15.2 Å². The molecule has 2 N–H and O–H groups in total. The molecule has 1 heterocycles. The highest BCUT2D eigenvalue weighted by molar-refractivity contribution is 9.13. The molecule has 2 aromatic rings. The average molecular weight is 504 g/mol. The normalized spacial score (nSPS) is 14.8. The number of methoxy groups -OCH3 is 1. The van der Waals surface area contributed by atoms with Crippen molar-refractivity contribution in [1.82, 2.24) is 0 Å². The summed E-state index contributed by atoms with van der Waals surface area (Å²) in [7, 11) is 1.47. The average Bonchev–Trinajstić information content (AvgIpc) is 2.83. The fourth-order valence-electron chi connectivity index (χ4n) is 2.33. The number of hydrogen-bond donors (Lipinski definition) is 2. The SMILES string of the molecule is COc1cc(C=C2C(=O)Nc3ccc(Br)cc32)c(Br)c(Br)c1O. The molecule has 0 radical (unpaired) electrons. The Kier molecular flexibility index (Phi) is 4.53. The van der Waals surface area contributed by atoms with E-state index in [4.69, 9.17) is 4.74 Å². The molecular weight excluding hydrogens is 494 g/mol. The van der Waals surface area contributed by atoms with Crippen molar-refractivity contribution >= 4 is 71.0 Å². The molecule has 0 fully saturated rings. The van der Waals surface area contributed by atoms with Crippen molar-refractivity contribution in [2.75, 3.05) is 12.4 Å². The summed E-state index contributed by atoms with van der Waals surface area (Å²) in [4.78, 5) is 12.3. The zero-order chi connectivity index (χ0) is 16.7. The predicted molar refractivity (Wildman–Crippen MR) is 101 cm³/mol. The summed E-state index contributed by atoms with van der Waals surface area (Å²) >= 11 is 10.2. The van der Waals surface area contributed by atoms with Gasteiger partial charge in [0.1, 0.15) is 0 Å². The summed E-state index contributed by atoms with van der Waals surface area (Å²) in [6.45, 7) is 0. The molecule has 1 aliphatic heterocycles. The number of carbonyl (C=O) groups is 1. The molecule has 0 bridgehead atoms. The Morgan fingerprint density at radius 2 is 1.91 bits per heavy atom. The molecule has 0 unspecified atom stereocenters. The van der Waals surface area contributed by atoms with Gasteiger partial charge in [-0.1, -0.05) is 15.9 Å². The first kappa shape index (κ1) is 16.5. The van der Waals surface area contributed by atoms with Gasteiger partial charge in [0.15, 0.2) is 11.5 Å². The molecule has 0 aliphatic carbocycles. The van der Waals surface area contributed by atoms with E-state index in [2.05, 4.69) is 53.1 Å². The minimum absolute atomic E-state index is 0.000503. The van der Waals surface area contributed by atoms with E-state index in [1.165, 1.54) is 7.11 Å². The molecule has 118 valence electrons. The number of phenols is 1. The third-order valence-corrected chi connectivity index (χ3v) is 6.11. The lowest BCUT2D eigenvalue weighted by atomic mass is 10.0. The lowest BCUT2D eigenvalue weighted by Crippen LogP contribution is -2.03. The fourth-order valence-corrected chi connectivity index (χ4v) is 3.53. The highest BCUT2D eigenvalue weighted by Gasteiger charge is 2.25. The van der Waals surface area contributed by atoms with Crippen LogP contribution in [0.15, 0.2) is 37.7 Å². The summed E-state index contributed by atoms with van der Waals surface area (Å²) in [5.41, 5.74) is 2.84. The lowest BCUT2D eigenvalue weighted by Gasteiger charge is -2.10. The van der Waals surface area contributed by atoms with E-state index in [1.54, 1.807) is 12.1 Å². The standard InChI is InChI=1S/C16H10Br3NO3/c1-23-12-5-7(13(18)14(19)15(12)21)4-10-9-6-8(17)2-3-11(9)20-16(10)22/h2-6,21H,1H3,(H,20,22). The number of anilines is 1. The molecule has 3 rings (SSSR count). The maximum absolute atomic E-state index is 12.3. The van der Waals surface area contributed by atoms with E-state index in [9.17, 15) is 9.90 Å². The molecule has 0 aromatic heterocycles. The summed E-state index contributed by atoms with van der Waals surface area (Å²) in [5.74, 6) is 0.147. The Bertz CT molecular complexity index is 862. The molecule has 1 aliphatic rings. The van der Waals surface area contributed by atoms with Crippen LogP contribution in [-0.4, -0.2) is 18.1 Å². The van der Waals surface area contributed by atoms with Crippen molar-refractivity contribution in [2.24, 2.45) is 0 Å². The monoisotopic (exact) mass is 501 g/mol. The number of halogens is 3. The van der Waals surface area contributed by atoms with Crippen LogP contribution in [0.5, 0.6) is 11.5 Å². The third kappa shape index (κ3) is 2.93. The molecule has 0 saturated carbocycles. The number of benzene rings is 2. The number of nitrogens with one attached hydrogen (secondary N) is 1. The van der Waals surface area contributed by atoms with Crippen LogP contribution in [0, 0.1) is 0 Å². The van der Waals surface area contributed by atoms with Gasteiger partial charge in [-0.3, -0.25) is 4.79 Å². The number of carbonyl (C=O) groups excluding carboxylic acids is 1. The number of ether oxygens (including phenoxy) is 1. The zero-order valence-electron chi connectivity index (χ0n) is 11.8. The number of amides is 1. The highest BCUT2D eigenvalue weighted by Crippen LogP contribution is 2.43. The van der Waals surface area contributed by atoms with Gasteiger partial charge in [0.25, 0.3) is 5.91 Å². The van der Waals surface area contributed by atoms with Gasteiger partial charge in [-0.2, -0.15) is 0 Å². The summed E-state index contributed by atoms with van der Waals surface area (Å²) in [5, 5.41) is 12.8. The molecule has 2 aromatic carbocycles. The van der Waals surface area contributed by atoms with E-state index in [-0.39, 0.29) is 11.7 Å². The van der Waals surface area contributed by atoms with E-state index < -0.39 is 0 Å². The van der Waals surface area contributed by atoms with Crippen LogP contribution in [0.4, 0.5) is 5.69 Å².